The van der Waals surface area contributed by atoms with Crippen LogP contribution in [0.2, 0.25) is 0 Å². The van der Waals surface area contributed by atoms with Gasteiger partial charge in [0, 0.05) is 22.1 Å². The Morgan fingerprint density at radius 2 is 1.71 bits per heavy atom. The summed E-state index contributed by atoms with van der Waals surface area (Å²) in [6, 6.07) is 15.1. The molecule has 2 aromatic carbocycles. The number of Topliss-reactive ketones (excluding diaryl/α,β-unsaturated/α-hetero) is 2. The Bertz CT molecular complexity index is 1050. The maximum absolute atomic E-state index is 12.7. The Morgan fingerprint density at radius 3 is 2.32 bits per heavy atom. The van der Waals surface area contributed by atoms with E-state index in [0.717, 1.165) is 11.3 Å². The summed E-state index contributed by atoms with van der Waals surface area (Å²) in [5.41, 5.74) is 7.51. The SMILES string of the molecule is CC/C(=N\Nc1nc(-c2ccc(C)cc2)cs1)C1C(=O)c2ccccc2C1=O. The van der Waals surface area contributed by atoms with Crippen molar-refractivity contribution in [3.63, 3.8) is 0 Å². The van der Waals surface area contributed by atoms with Crippen molar-refractivity contribution in [2.24, 2.45) is 11.0 Å². The summed E-state index contributed by atoms with van der Waals surface area (Å²) in [7, 11) is 0. The second kappa shape index (κ2) is 7.48. The molecule has 0 unspecified atom stereocenters. The number of ketones is 2. The average Bonchev–Trinajstić information content (AvgIpc) is 3.28. The molecule has 0 aliphatic heterocycles. The molecule has 28 heavy (non-hydrogen) atoms. The maximum atomic E-state index is 12.7. The minimum atomic E-state index is -0.841. The molecule has 6 heteroatoms. The molecule has 0 saturated heterocycles. The number of aromatic nitrogens is 1. The molecule has 1 N–H and O–H groups in total. The third-order valence-corrected chi connectivity index (χ3v) is 5.57. The highest BCUT2D eigenvalue weighted by Gasteiger charge is 2.41. The van der Waals surface area contributed by atoms with E-state index in [1.807, 2.05) is 43.5 Å². The van der Waals surface area contributed by atoms with E-state index in [0.29, 0.717) is 28.4 Å². The van der Waals surface area contributed by atoms with Gasteiger partial charge >= 0.3 is 0 Å². The van der Waals surface area contributed by atoms with E-state index in [4.69, 9.17) is 0 Å². The van der Waals surface area contributed by atoms with Crippen LogP contribution in [0.5, 0.6) is 0 Å². The van der Waals surface area contributed by atoms with Gasteiger partial charge in [-0.15, -0.1) is 11.3 Å². The molecule has 0 bridgehead atoms. The maximum Gasteiger partial charge on any atom is 0.203 e. The Labute approximate surface area is 167 Å². The Morgan fingerprint density at radius 1 is 1.07 bits per heavy atom. The monoisotopic (exact) mass is 389 g/mol. The first-order chi connectivity index (χ1) is 13.6. The molecule has 0 saturated carbocycles. The molecule has 3 aromatic rings. The van der Waals surface area contributed by atoms with Crippen LogP contribution in [0.3, 0.4) is 0 Å². The van der Waals surface area contributed by atoms with E-state index < -0.39 is 5.92 Å². The van der Waals surface area contributed by atoms with Gasteiger partial charge in [0.2, 0.25) is 5.13 Å². The molecule has 0 atom stereocenters. The van der Waals surface area contributed by atoms with Crippen LogP contribution in [0.4, 0.5) is 5.13 Å². The Balaban J connectivity index is 1.55. The number of fused-ring (bicyclic) bond motifs is 1. The largest absolute Gasteiger partial charge is 0.293 e. The van der Waals surface area contributed by atoms with Gasteiger partial charge in [-0.2, -0.15) is 5.10 Å². The number of aryl methyl sites for hydroxylation is 1. The van der Waals surface area contributed by atoms with E-state index in [2.05, 4.69) is 15.5 Å². The summed E-state index contributed by atoms with van der Waals surface area (Å²) in [6.07, 6.45) is 0.499. The second-order valence-corrected chi connectivity index (χ2v) is 7.54. The van der Waals surface area contributed by atoms with Gasteiger partial charge in [0.1, 0.15) is 5.92 Å². The van der Waals surface area contributed by atoms with Crippen molar-refractivity contribution in [3.05, 3.63) is 70.6 Å². The Kier molecular flexibility index (Phi) is 4.88. The number of carbonyl (C=O) groups is 2. The molecule has 0 radical (unpaired) electrons. The molecule has 0 fully saturated rings. The lowest BCUT2D eigenvalue weighted by atomic mass is 9.96. The molecular formula is C22H19N3O2S. The summed E-state index contributed by atoms with van der Waals surface area (Å²) in [5.74, 6) is -1.20. The predicted molar refractivity (Wildman–Crippen MR) is 112 cm³/mol. The van der Waals surface area contributed by atoms with Crippen LogP contribution < -0.4 is 5.43 Å². The number of hydrogen-bond acceptors (Lipinski definition) is 6. The average molecular weight is 389 g/mol. The first-order valence-electron chi connectivity index (χ1n) is 9.11. The van der Waals surface area contributed by atoms with Crippen molar-refractivity contribution in [2.75, 3.05) is 5.43 Å². The van der Waals surface area contributed by atoms with E-state index >= 15 is 0 Å². The number of thiazole rings is 1. The highest BCUT2D eigenvalue weighted by Crippen LogP contribution is 2.29. The summed E-state index contributed by atoms with van der Waals surface area (Å²) >= 11 is 1.43. The van der Waals surface area contributed by atoms with Crippen LogP contribution in [-0.2, 0) is 0 Å². The molecule has 1 aromatic heterocycles. The molecule has 5 nitrogen and oxygen atoms in total. The van der Waals surface area contributed by atoms with E-state index in [9.17, 15) is 9.59 Å². The van der Waals surface area contributed by atoms with Crippen LogP contribution in [0.25, 0.3) is 11.3 Å². The van der Waals surface area contributed by atoms with Crippen LogP contribution in [0, 0.1) is 12.8 Å². The fraction of sp³-hybridized carbons (Fsp3) is 0.182. The van der Waals surface area contributed by atoms with Crippen molar-refractivity contribution in [2.45, 2.75) is 20.3 Å². The summed E-state index contributed by atoms with van der Waals surface area (Å²) in [6.45, 7) is 3.94. The first-order valence-corrected chi connectivity index (χ1v) is 9.99. The molecular weight excluding hydrogens is 370 g/mol. The van der Waals surface area contributed by atoms with Gasteiger partial charge in [-0.05, 0) is 13.3 Å². The zero-order valence-electron chi connectivity index (χ0n) is 15.6. The van der Waals surface area contributed by atoms with Crippen LogP contribution in [0.15, 0.2) is 59.0 Å². The molecule has 4 rings (SSSR count). The van der Waals surface area contributed by atoms with Gasteiger partial charge in [-0.1, -0.05) is 61.0 Å². The number of benzene rings is 2. The normalized spacial score (nSPS) is 14.4. The fourth-order valence-electron chi connectivity index (χ4n) is 3.29. The lowest BCUT2D eigenvalue weighted by Gasteiger charge is -2.09. The van der Waals surface area contributed by atoms with E-state index in [1.54, 1.807) is 24.3 Å². The zero-order chi connectivity index (χ0) is 19.7. The highest BCUT2D eigenvalue weighted by atomic mass is 32.1. The van der Waals surface area contributed by atoms with Gasteiger partial charge < -0.3 is 0 Å². The van der Waals surface area contributed by atoms with E-state index in [1.165, 1.54) is 16.9 Å². The van der Waals surface area contributed by atoms with Crippen molar-refractivity contribution >= 4 is 33.7 Å². The number of nitrogens with zero attached hydrogens (tertiary/aromatic N) is 2. The summed E-state index contributed by atoms with van der Waals surface area (Å²) in [5, 5.41) is 6.95. The molecule has 0 amide bonds. The predicted octanol–water partition coefficient (Wildman–Crippen LogP) is 4.99. The smallest absolute Gasteiger partial charge is 0.203 e. The van der Waals surface area contributed by atoms with Crippen LogP contribution >= 0.6 is 11.3 Å². The molecule has 140 valence electrons. The van der Waals surface area contributed by atoms with Gasteiger partial charge in [-0.3, -0.25) is 15.0 Å². The second-order valence-electron chi connectivity index (χ2n) is 6.68. The number of rotatable bonds is 5. The third-order valence-electron chi connectivity index (χ3n) is 4.82. The summed E-state index contributed by atoms with van der Waals surface area (Å²) in [4.78, 5) is 29.9. The number of hydrogen-bond donors (Lipinski definition) is 1. The minimum Gasteiger partial charge on any atom is -0.293 e. The minimum absolute atomic E-state index is 0.178. The lowest BCUT2D eigenvalue weighted by molar-refractivity contribution is 0.0882. The van der Waals surface area contributed by atoms with Crippen molar-refractivity contribution in [3.8, 4) is 11.3 Å². The highest BCUT2D eigenvalue weighted by molar-refractivity contribution is 7.14. The standard InChI is InChI=1S/C22H19N3O2S/c1-3-17(19-20(26)15-6-4-5-7-16(15)21(19)27)24-25-22-23-18(12-28-22)14-10-8-13(2)9-11-14/h4-12,19H,3H2,1-2H3,(H,23,25)/b24-17+. The molecule has 1 aliphatic carbocycles. The van der Waals surface area contributed by atoms with Crippen molar-refractivity contribution in [1.82, 2.24) is 4.98 Å². The van der Waals surface area contributed by atoms with Gasteiger partial charge in [0.25, 0.3) is 0 Å². The fourth-order valence-corrected chi connectivity index (χ4v) is 3.96. The van der Waals surface area contributed by atoms with Gasteiger partial charge in [0.05, 0.1) is 11.4 Å². The number of hydrazone groups is 1. The van der Waals surface area contributed by atoms with Crippen LogP contribution in [0.1, 0.15) is 39.6 Å². The van der Waals surface area contributed by atoms with Crippen LogP contribution in [-0.4, -0.2) is 22.3 Å². The van der Waals surface area contributed by atoms with Crippen molar-refractivity contribution in [1.29, 1.82) is 0 Å². The van der Waals surface area contributed by atoms with Gasteiger partial charge in [0.15, 0.2) is 11.6 Å². The van der Waals surface area contributed by atoms with Gasteiger partial charge in [-0.25, -0.2) is 4.98 Å². The summed E-state index contributed by atoms with van der Waals surface area (Å²) < 4.78 is 0. The number of carbonyl (C=O) groups excluding carboxylic acids is 2. The topological polar surface area (TPSA) is 71.4 Å². The molecule has 1 aliphatic rings. The third kappa shape index (κ3) is 3.27. The van der Waals surface area contributed by atoms with E-state index in [-0.39, 0.29) is 11.6 Å². The quantitative estimate of drug-likeness (QED) is 0.379. The van der Waals surface area contributed by atoms with Crippen molar-refractivity contribution < 1.29 is 9.59 Å². The number of nitrogens with one attached hydrogen (secondary N) is 1. The lowest BCUT2D eigenvalue weighted by Crippen LogP contribution is -2.26. The molecule has 0 spiro atoms. The number of anilines is 1. The molecule has 1 heterocycles. The Hall–Kier alpha value is -3.12. The zero-order valence-corrected chi connectivity index (χ0v) is 16.4. The first kappa shape index (κ1) is 18.3.